The Morgan fingerprint density at radius 2 is 1.82 bits per heavy atom. The predicted octanol–water partition coefficient (Wildman–Crippen LogP) is 4.32. The smallest absolute Gasteiger partial charge is 0.262 e. The summed E-state index contributed by atoms with van der Waals surface area (Å²) in [5, 5.41) is 4.47. The molecular formula is C23H26N2O2S. The van der Waals surface area contributed by atoms with Crippen molar-refractivity contribution < 1.29 is 9.53 Å². The van der Waals surface area contributed by atoms with Crippen molar-refractivity contribution in [1.29, 1.82) is 0 Å². The molecule has 1 aromatic heterocycles. The van der Waals surface area contributed by atoms with Crippen molar-refractivity contribution in [3.05, 3.63) is 70.1 Å². The largest absolute Gasteiger partial charge is 0.379 e. The second kappa shape index (κ2) is 8.43. The number of carbonyl (C=O) groups is 1. The maximum Gasteiger partial charge on any atom is 0.262 e. The van der Waals surface area contributed by atoms with Crippen LogP contribution in [0.3, 0.4) is 0 Å². The maximum atomic E-state index is 13.2. The van der Waals surface area contributed by atoms with E-state index < -0.39 is 0 Å². The molecule has 1 aliphatic heterocycles. The highest BCUT2D eigenvalue weighted by atomic mass is 32.1. The second-order valence-electron chi connectivity index (χ2n) is 7.40. The van der Waals surface area contributed by atoms with Gasteiger partial charge in [-0.25, -0.2) is 0 Å². The SMILES string of the molecule is Cc1ccc([C@H](CN2CCOCC2)NC(=O)c2sc3ccccc3c2C)cc1. The molecule has 4 nitrogen and oxygen atoms in total. The van der Waals surface area contributed by atoms with E-state index in [1.165, 1.54) is 5.56 Å². The lowest BCUT2D eigenvalue weighted by molar-refractivity contribution is 0.0332. The van der Waals surface area contributed by atoms with Crippen LogP contribution < -0.4 is 5.32 Å². The molecule has 0 radical (unpaired) electrons. The zero-order valence-corrected chi connectivity index (χ0v) is 17.2. The van der Waals surface area contributed by atoms with Crippen molar-refractivity contribution in [2.75, 3.05) is 32.8 Å². The van der Waals surface area contributed by atoms with Gasteiger partial charge in [-0.3, -0.25) is 9.69 Å². The number of nitrogens with one attached hydrogen (secondary N) is 1. The van der Waals surface area contributed by atoms with Crippen LogP contribution in [0.2, 0.25) is 0 Å². The number of ether oxygens (including phenoxy) is 1. The molecule has 28 heavy (non-hydrogen) atoms. The van der Waals surface area contributed by atoms with Crippen molar-refractivity contribution in [1.82, 2.24) is 10.2 Å². The molecule has 1 N–H and O–H groups in total. The van der Waals surface area contributed by atoms with Gasteiger partial charge in [-0.05, 0) is 36.4 Å². The Kier molecular flexibility index (Phi) is 5.76. The standard InChI is InChI=1S/C23H26N2O2S/c1-16-7-9-18(10-8-16)20(15-25-11-13-27-14-12-25)24-23(26)22-17(2)19-5-3-4-6-21(19)28-22/h3-10,20H,11-15H2,1-2H3,(H,24,26)/t20-/m0/s1. The number of aryl methyl sites for hydroxylation is 2. The molecule has 2 aromatic carbocycles. The third kappa shape index (κ3) is 4.12. The molecule has 4 rings (SSSR count). The third-order valence-electron chi connectivity index (χ3n) is 5.38. The summed E-state index contributed by atoms with van der Waals surface area (Å²) >= 11 is 1.57. The molecule has 1 saturated heterocycles. The zero-order chi connectivity index (χ0) is 19.5. The van der Waals surface area contributed by atoms with Gasteiger partial charge in [0.2, 0.25) is 0 Å². The van der Waals surface area contributed by atoms with Gasteiger partial charge >= 0.3 is 0 Å². The Hall–Kier alpha value is -2.21. The average Bonchev–Trinajstić information content (AvgIpc) is 3.06. The number of nitrogens with zero attached hydrogens (tertiary/aromatic N) is 1. The van der Waals surface area contributed by atoms with E-state index in [1.807, 2.05) is 19.1 Å². The first-order chi connectivity index (χ1) is 13.6. The molecule has 0 unspecified atom stereocenters. The van der Waals surface area contributed by atoms with E-state index in [9.17, 15) is 4.79 Å². The van der Waals surface area contributed by atoms with Crippen molar-refractivity contribution in [3.8, 4) is 0 Å². The molecule has 0 spiro atoms. The molecule has 5 heteroatoms. The van der Waals surface area contributed by atoms with Gasteiger partial charge in [-0.1, -0.05) is 48.0 Å². The van der Waals surface area contributed by atoms with Gasteiger partial charge in [0.15, 0.2) is 0 Å². The number of morpholine rings is 1. The topological polar surface area (TPSA) is 41.6 Å². The number of hydrogen-bond donors (Lipinski definition) is 1. The quantitative estimate of drug-likeness (QED) is 0.701. The number of rotatable bonds is 5. The van der Waals surface area contributed by atoms with E-state index in [4.69, 9.17) is 4.74 Å². The van der Waals surface area contributed by atoms with E-state index in [2.05, 4.69) is 53.5 Å². The minimum absolute atomic E-state index is 0.0116. The van der Waals surface area contributed by atoms with Crippen LogP contribution >= 0.6 is 11.3 Å². The normalized spacial score (nSPS) is 16.2. The summed E-state index contributed by atoms with van der Waals surface area (Å²) in [4.78, 5) is 16.4. The summed E-state index contributed by atoms with van der Waals surface area (Å²) in [6, 6.07) is 16.6. The summed E-state index contributed by atoms with van der Waals surface area (Å²) in [5.74, 6) is 0.0116. The predicted molar refractivity (Wildman–Crippen MR) is 115 cm³/mol. The van der Waals surface area contributed by atoms with Crippen LogP contribution in [0.1, 0.15) is 32.4 Å². The van der Waals surface area contributed by atoms with E-state index >= 15 is 0 Å². The Morgan fingerprint density at radius 3 is 2.54 bits per heavy atom. The number of amides is 1. The van der Waals surface area contributed by atoms with Gasteiger partial charge < -0.3 is 10.1 Å². The fraction of sp³-hybridized carbons (Fsp3) is 0.348. The number of fused-ring (bicyclic) bond motifs is 1. The number of benzene rings is 2. The van der Waals surface area contributed by atoms with Gasteiger partial charge in [0.25, 0.3) is 5.91 Å². The molecular weight excluding hydrogens is 368 g/mol. The van der Waals surface area contributed by atoms with E-state index in [0.717, 1.165) is 58.9 Å². The molecule has 1 amide bonds. The van der Waals surface area contributed by atoms with Gasteiger partial charge in [0.05, 0.1) is 24.1 Å². The Balaban J connectivity index is 1.59. The maximum absolute atomic E-state index is 13.2. The van der Waals surface area contributed by atoms with Crippen LogP contribution in [0.4, 0.5) is 0 Å². The van der Waals surface area contributed by atoms with Crippen molar-refractivity contribution in [3.63, 3.8) is 0 Å². The molecule has 0 aliphatic carbocycles. The van der Waals surface area contributed by atoms with Gasteiger partial charge in [0.1, 0.15) is 0 Å². The summed E-state index contributed by atoms with van der Waals surface area (Å²) in [5.41, 5.74) is 3.43. The molecule has 0 bridgehead atoms. The molecule has 1 aliphatic rings. The lowest BCUT2D eigenvalue weighted by atomic mass is 10.0. The fourth-order valence-corrected chi connectivity index (χ4v) is 4.80. The molecule has 3 aromatic rings. The molecule has 1 atom stereocenters. The Morgan fingerprint density at radius 1 is 1.11 bits per heavy atom. The summed E-state index contributed by atoms with van der Waals surface area (Å²) in [6.07, 6.45) is 0. The van der Waals surface area contributed by atoms with Gasteiger partial charge in [0, 0.05) is 24.3 Å². The van der Waals surface area contributed by atoms with Crippen LogP contribution in [-0.4, -0.2) is 43.7 Å². The van der Waals surface area contributed by atoms with Crippen LogP contribution in [0.5, 0.6) is 0 Å². The highest BCUT2D eigenvalue weighted by Gasteiger charge is 2.23. The number of hydrogen-bond acceptors (Lipinski definition) is 4. The second-order valence-corrected chi connectivity index (χ2v) is 8.45. The Labute approximate surface area is 170 Å². The summed E-state index contributed by atoms with van der Waals surface area (Å²) in [6.45, 7) is 8.23. The van der Waals surface area contributed by atoms with Crippen molar-refractivity contribution >= 4 is 27.3 Å². The molecule has 0 saturated carbocycles. The zero-order valence-electron chi connectivity index (χ0n) is 16.4. The first-order valence-corrected chi connectivity index (χ1v) is 10.6. The fourth-order valence-electron chi connectivity index (χ4n) is 3.69. The van der Waals surface area contributed by atoms with Crippen LogP contribution in [0.15, 0.2) is 48.5 Å². The highest BCUT2D eigenvalue weighted by molar-refractivity contribution is 7.21. The summed E-state index contributed by atoms with van der Waals surface area (Å²) in [7, 11) is 0. The first kappa shape index (κ1) is 19.1. The monoisotopic (exact) mass is 394 g/mol. The van der Waals surface area contributed by atoms with E-state index in [-0.39, 0.29) is 11.9 Å². The summed E-state index contributed by atoms with van der Waals surface area (Å²) < 4.78 is 6.63. The Bertz CT molecular complexity index is 958. The average molecular weight is 395 g/mol. The van der Waals surface area contributed by atoms with Crippen LogP contribution in [0, 0.1) is 13.8 Å². The first-order valence-electron chi connectivity index (χ1n) is 9.77. The van der Waals surface area contributed by atoms with Crippen molar-refractivity contribution in [2.24, 2.45) is 0 Å². The molecule has 146 valence electrons. The third-order valence-corrected chi connectivity index (χ3v) is 6.65. The van der Waals surface area contributed by atoms with E-state index in [1.54, 1.807) is 11.3 Å². The number of thiophene rings is 1. The van der Waals surface area contributed by atoms with E-state index in [0.29, 0.717) is 0 Å². The molecule has 1 fully saturated rings. The minimum Gasteiger partial charge on any atom is -0.379 e. The minimum atomic E-state index is -0.0455. The van der Waals surface area contributed by atoms with Gasteiger partial charge in [-0.2, -0.15) is 0 Å². The molecule has 2 heterocycles. The lowest BCUT2D eigenvalue weighted by Gasteiger charge is -2.31. The number of carbonyl (C=O) groups excluding carboxylic acids is 1. The highest BCUT2D eigenvalue weighted by Crippen LogP contribution is 2.31. The van der Waals surface area contributed by atoms with Gasteiger partial charge in [-0.15, -0.1) is 11.3 Å². The van der Waals surface area contributed by atoms with Crippen molar-refractivity contribution in [2.45, 2.75) is 19.9 Å². The lowest BCUT2D eigenvalue weighted by Crippen LogP contribution is -2.43. The van der Waals surface area contributed by atoms with Crippen LogP contribution in [-0.2, 0) is 4.74 Å². The van der Waals surface area contributed by atoms with Crippen LogP contribution in [0.25, 0.3) is 10.1 Å².